The second kappa shape index (κ2) is 2.51. The van der Waals surface area contributed by atoms with Crippen LogP contribution in [0.5, 0.6) is 0 Å². The zero-order chi connectivity index (χ0) is 8.84. The number of aromatic nitrogens is 3. The summed E-state index contributed by atoms with van der Waals surface area (Å²) in [7, 11) is 0. The lowest BCUT2D eigenvalue weighted by Crippen LogP contribution is -2.22. The Morgan fingerprint density at radius 2 is 2.31 bits per heavy atom. The molecule has 70 valence electrons. The molecule has 0 aromatic carbocycles. The van der Waals surface area contributed by atoms with Crippen molar-refractivity contribution < 1.29 is 4.39 Å². The van der Waals surface area contributed by atoms with Gasteiger partial charge in [0.2, 0.25) is 0 Å². The molecule has 2 N–H and O–H groups in total. The number of rotatable bonds is 1. The molecule has 0 spiro atoms. The molecule has 2 bridgehead atoms. The van der Waals surface area contributed by atoms with E-state index in [4.69, 9.17) is 0 Å². The van der Waals surface area contributed by atoms with Gasteiger partial charge >= 0.3 is 6.08 Å². The predicted octanol–water partition coefficient (Wildman–Crippen LogP) is 0.552. The molecular formula is C8H11FN4. The molecule has 2 saturated heterocycles. The average Bonchev–Trinajstić information content (AvgIpc) is 2.77. The first-order valence-electron chi connectivity index (χ1n) is 4.67. The van der Waals surface area contributed by atoms with E-state index >= 15 is 0 Å². The molecule has 13 heavy (non-hydrogen) atoms. The summed E-state index contributed by atoms with van der Waals surface area (Å²) in [5, 5.41) is 9.55. The van der Waals surface area contributed by atoms with Gasteiger partial charge in [-0.1, -0.05) is 0 Å². The van der Waals surface area contributed by atoms with Gasteiger partial charge in [0, 0.05) is 18.0 Å². The quantitative estimate of drug-likeness (QED) is 0.667. The van der Waals surface area contributed by atoms with Gasteiger partial charge in [-0.15, -0.1) is 5.10 Å². The third kappa shape index (κ3) is 1.07. The molecule has 4 nitrogen and oxygen atoms in total. The number of aromatic amines is 1. The molecule has 1 aromatic rings. The molecule has 2 aliphatic heterocycles. The lowest BCUT2D eigenvalue weighted by molar-refractivity contribution is 0.484. The van der Waals surface area contributed by atoms with Crippen molar-refractivity contribution in [2.75, 3.05) is 0 Å². The van der Waals surface area contributed by atoms with Crippen LogP contribution in [0.15, 0.2) is 0 Å². The zero-order valence-corrected chi connectivity index (χ0v) is 7.13. The molecule has 0 saturated carbocycles. The number of hydrogen-bond acceptors (Lipinski definition) is 3. The highest BCUT2D eigenvalue weighted by atomic mass is 19.1. The summed E-state index contributed by atoms with van der Waals surface area (Å²) in [6.07, 6.45) is 2.85. The summed E-state index contributed by atoms with van der Waals surface area (Å²) in [4.78, 5) is 3.74. The van der Waals surface area contributed by atoms with Crippen LogP contribution in [0.4, 0.5) is 4.39 Å². The summed E-state index contributed by atoms with van der Waals surface area (Å²) in [5.41, 5.74) is 0. The van der Waals surface area contributed by atoms with Crippen LogP contribution in [0.1, 0.15) is 31.0 Å². The Morgan fingerprint density at radius 1 is 1.38 bits per heavy atom. The van der Waals surface area contributed by atoms with Crippen molar-refractivity contribution in [1.82, 2.24) is 20.5 Å². The van der Waals surface area contributed by atoms with E-state index in [2.05, 4.69) is 20.5 Å². The van der Waals surface area contributed by atoms with Gasteiger partial charge in [-0.2, -0.15) is 9.37 Å². The predicted molar refractivity (Wildman–Crippen MR) is 43.6 cm³/mol. The molecule has 0 amide bonds. The van der Waals surface area contributed by atoms with Crippen LogP contribution in [0.2, 0.25) is 0 Å². The molecule has 3 unspecified atom stereocenters. The van der Waals surface area contributed by atoms with Crippen molar-refractivity contribution in [1.29, 1.82) is 0 Å². The number of halogens is 1. The normalized spacial score (nSPS) is 37.2. The minimum Gasteiger partial charge on any atom is -0.310 e. The van der Waals surface area contributed by atoms with Gasteiger partial charge in [0.1, 0.15) is 5.82 Å². The van der Waals surface area contributed by atoms with E-state index in [9.17, 15) is 4.39 Å². The molecule has 0 aliphatic carbocycles. The minimum absolute atomic E-state index is 0.343. The second-order valence-electron chi connectivity index (χ2n) is 3.88. The van der Waals surface area contributed by atoms with Gasteiger partial charge in [-0.25, -0.2) is 0 Å². The van der Waals surface area contributed by atoms with Gasteiger partial charge < -0.3 is 5.32 Å². The maximum absolute atomic E-state index is 12.5. The number of nitrogens with zero attached hydrogens (tertiary/aromatic N) is 2. The van der Waals surface area contributed by atoms with Crippen molar-refractivity contribution >= 4 is 0 Å². The highest BCUT2D eigenvalue weighted by Crippen LogP contribution is 2.38. The molecule has 5 heteroatoms. The highest BCUT2D eigenvalue weighted by Gasteiger charge is 2.41. The molecule has 2 aliphatic rings. The maximum atomic E-state index is 12.5. The van der Waals surface area contributed by atoms with E-state index in [1.165, 1.54) is 12.8 Å². The van der Waals surface area contributed by atoms with Crippen molar-refractivity contribution in [2.24, 2.45) is 0 Å². The first-order chi connectivity index (χ1) is 6.33. The lowest BCUT2D eigenvalue weighted by atomic mass is 9.89. The summed E-state index contributed by atoms with van der Waals surface area (Å²) in [6.45, 7) is 0. The monoisotopic (exact) mass is 182 g/mol. The summed E-state index contributed by atoms with van der Waals surface area (Å²) in [6, 6.07) is 1.10. The van der Waals surface area contributed by atoms with Crippen molar-refractivity contribution in [3.63, 3.8) is 0 Å². The smallest absolute Gasteiger partial charge is 0.310 e. The van der Waals surface area contributed by atoms with Crippen LogP contribution in [-0.2, 0) is 0 Å². The standard InChI is InChI=1S/C8H11FN4/c9-8-11-7(12-13-8)5-3-4-1-2-6(5)10-4/h4-6,10H,1-3H2,(H,11,12,13). The van der Waals surface area contributed by atoms with Crippen LogP contribution in [0.3, 0.4) is 0 Å². The van der Waals surface area contributed by atoms with Crippen LogP contribution in [0, 0.1) is 6.08 Å². The number of H-pyrrole nitrogens is 1. The fourth-order valence-corrected chi connectivity index (χ4v) is 2.54. The first kappa shape index (κ1) is 7.44. The summed E-state index contributed by atoms with van der Waals surface area (Å²) < 4.78 is 12.5. The third-order valence-corrected chi connectivity index (χ3v) is 3.13. The van der Waals surface area contributed by atoms with Gasteiger partial charge in [0.05, 0.1) is 0 Å². The van der Waals surface area contributed by atoms with E-state index in [-0.39, 0.29) is 0 Å². The molecule has 3 heterocycles. The molecular weight excluding hydrogens is 171 g/mol. The molecule has 0 radical (unpaired) electrons. The van der Waals surface area contributed by atoms with Crippen LogP contribution in [0.25, 0.3) is 0 Å². The number of nitrogens with one attached hydrogen (secondary N) is 2. The van der Waals surface area contributed by atoms with Gasteiger partial charge in [-0.05, 0) is 19.3 Å². The Hall–Kier alpha value is -0.970. The largest absolute Gasteiger partial charge is 0.327 e. The Bertz CT molecular complexity index is 324. The van der Waals surface area contributed by atoms with Gasteiger partial charge in [0.15, 0.2) is 0 Å². The zero-order valence-electron chi connectivity index (χ0n) is 7.13. The first-order valence-corrected chi connectivity index (χ1v) is 4.67. The Kier molecular flexibility index (Phi) is 1.44. The van der Waals surface area contributed by atoms with E-state index in [1.807, 2.05) is 0 Å². The van der Waals surface area contributed by atoms with Crippen LogP contribution >= 0.6 is 0 Å². The fourth-order valence-electron chi connectivity index (χ4n) is 2.54. The third-order valence-electron chi connectivity index (χ3n) is 3.13. The topological polar surface area (TPSA) is 53.6 Å². The Morgan fingerprint density at radius 3 is 2.85 bits per heavy atom. The summed E-state index contributed by atoms with van der Waals surface area (Å²) in [5.74, 6) is 1.05. The SMILES string of the molecule is Fc1n[nH]c(C2CC3CCC2N3)n1. The minimum atomic E-state index is -0.641. The van der Waals surface area contributed by atoms with E-state index in [0.29, 0.717) is 23.8 Å². The van der Waals surface area contributed by atoms with Crippen LogP contribution in [-0.4, -0.2) is 27.3 Å². The van der Waals surface area contributed by atoms with Gasteiger partial charge in [-0.3, -0.25) is 5.10 Å². The van der Waals surface area contributed by atoms with Crippen molar-refractivity contribution in [3.05, 3.63) is 11.9 Å². The molecule has 3 atom stereocenters. The van der Waals surface area contributed by atoms with Gasteiger partial charge in [0.25, 0.3) is 0 Å². The average molecular weight is 182 g/mol. The maximum Gasteiger partial charge on any atom is 0.327 e. The number of fused-ring (bicyclic) bond motifs is 2. The van der Waals surface area contributed by atoms with E-state index in [0.717, 1.165) is 6.42 Å². The van der Waals surface area contributed by atoms with Crippen molar-refractivity contribution in [2.45, 2.75) is 37.3 Å². The summed E-state index contributed by atoms with van der Waals surface area (Å²) >= 11 is 0. The molecule has 2 fully saturated rings. The van der Waals surface area contributed by atoms with Crippen molar-refractivity contribution in [3.8, 4) is 0 Å². The highest BCUT2D eigenvalue weighted by molar-refractivity contribution is 5.10. The van der Waals surface area contributed by atoms with E-state index in [1.54, 1.807) is 0 Å². The molecule has 3 rings (SSSR count). The number of hydrogen-bond donors (Lipinski definition) is 2. The Labute approximate surface area is 74.9 Å². The molecule has 1 aromatic heterocycles. The lowest BCUT2D eigenvalue weighted by Gasteiger charge is -2.16. The second-order valence-corrected chi connectivity index (χ2v) is 3.88. The Balaban J connectivity index is 1.87. The van der Waals surface area contributed by atoms with E-state index < -0.39 is 6.08 Å². The fraction of sp³-hybridized carbons (Fsp3) is 0.750. The van der Waals surface area contributed by atoms with Crippen LogP contribution < -0.4 is 5.32 Å².